The van der Waals surface area contributed by atoms with Crippen LogP contribution in [0.3, 0.4) is 0 Å². The fourth-order valence-corrected chi connectivity index (χ4v) is 17.2. The van der Waals surface area contributed by atoms with Gasteiger partial charge in [-0.3, -0.25) is 14.4 Å². The average Bonchev–Trinajstić information content (AvgIpc) is 1.72. The number of ether oxygens (including phenoxy) is 3. The van der Waals surface area contributed by atoms with Crippen LogP contribution in [0.15, 0.2) is 124 Å². The van der Waals surface area contributed by atoms with Crippen molar-refractivity contribution in [1.29, 1.82) is 0 Å². The topological polar surface area (TPSA) is 266 Å². The van der Waals surface area contributed by atoms with Crippen molar-refractivity contribution in [2.45, 2.75) is 209 Å². The molecule has 12 bridgehead atoms. The largest absolute Gasteiger partial charge is 0.494 e. The number of carbonyl (C=O) groups is 3. The van der Waals surface area contributed by atoms with Gasteiger partial charge in [0.25, 0.3) is 47.8 Å². The zero-order chi connectivity index (χ0) is 72.1. The number of hydrogen-bond acceptors (Lipinski definition) is 18. The molecule has 6 aliphatic rings. The molecule has 3 atom stereocenters. The van der Waals surface area contributed by atoms with E-state index < -0.39 is 47.8 Å². The predicted molar refractivity (Wildman–Crippen MR) is 385 cm³/mol. The quantitative estimate of drug-likeness (QED) is 0.128. The van der Waals surface area contributed by atoms with Gasteiger partial charge in [-0.25, -0.2) is 54.4 Å². The molecule has 21 nitrogen and oxygen atoms in total. The Morgan fingerprint density at radius 3 is 0.889 bits per heavy atom. The highest BCUT2D eigenvalue weighted by atomic mass is 32.2. The van der Waals surface area contributed by atoms with Gasteiger partial charge in [0, 0.05) is 87.8 Å². The minimum atomic E-state index is -4.08. The van der Waals surface area contributed by atoms with Gasteiger partial charge in [-0.15, -0.1) is 0 Å². The zero-order valence-electron chi connectivity index (χ0n) is 60.0. The zero-order valence-corrected chi connectivity index (χ0v) is 62.5. The van der Waals surface area contributed by atoms with E-state index in [-0.39, 0.29) is 64.2 Å². The highest BCUT2D eigenvalue weighted by Crippen LogP contribution is 2.44. The van der Waals surface area contributed by atoms with Crippen molar-refractivity contribution in [2.75, 3.05) is 54.2 Å². The van der Waals surface area contributed by atoms with E-state index in [1.807, 2.05) is 18.2 Å². The first kappa shape index (κ1) is 73.9. The third kappa shape index (κ3) is 17.2. The molecule has 12 rings (SSSR count). The minimum Gasteiger partial charge on any atom is -0.494 e. The van der Waals surface area contributed by atoms with Crippen LogP contribution in [0.25, 0.3) is 0 Å². The molecule has 99 heavy (non-hydrogen) atoms. The van der Waals surface area contributed by atoms with E-state index in [9.17, 15) is 39.6 Å². The van der Waals surface area contributed by atoms with Crippen molar-refractivity contribution in [1.82, 2.24) is 29.1 Å². The molecule has 3 fully saturated rings. The van der Waals surface area contributed by atoms with Gasteiger partial charge in [-0.1, -0.05) is 80.5 Å². The Hall–Kier alpha value is -7.83. The Morgan fingerprint density at radius 2 is 0.646 bits per heavy atom. The number of hydrogen-bond donors (Lipinski definition) is 3. The van der Waals surface area contributed by atoms with Gasteiger partial charge in [-0.2, -0.15) is 0 Å². The summed E-state index contributed by atoms with van der Waals surface area (Å²) in [6.45, 7) is 35.4. The first-order valence-corrected chi connectivity index (χ1v) is 38.8. The van der Waals surface area contributed by atoms with Crippen LogP contribution in [0.4, 0.5) is 17.5 Å². The second-order valence-electron chi connectivity index (χ2n) is 32.1. The van der Waals surface area contributed by atoms with Crippen LogP contribution in [0.2, 0.25) is 0 Å². The van der Waals surface area contributed by atoms with E-state index in [2.05, 4.69) is 133 Å². The van der Waals surface area contributed by atoms with E-state index >= 15 is 0 Å². The molecule has 0 aliphatic carbocycles. The number of rotatable bonds is 0. The van der Waals surface area contributed by atoms with E-state index in [0.29, 0.717) is 72.3 Å². The number of fused-ring (bicyclic) bond motifs is 18. The molecule has 6 aliphatic heterocycles. The first-order valence-electron chi connectivity index (χ1n) is 34.4. The molecule has 6 aromatic rings. The molecular weight excluding hydrogens is 1320 g/mol. The summed E-state index contributed by atoms with van der Waals surface area (Å²) in [5.74, 6) is 2.31. The predicted octanol–water partition coefficient (Wildman–Crippen LogP) is 12.8. The Bertz CT molecular complexity index is 3950. The maximum Gasteiger partial charge on any atom is 0.268 e. The van der Waals surface area contributed by atoms with Gasteiger partial charge in [0.2, 0.25) is 0 Å². The molecule has 3 N–H and O–H groups in total. The molecule has 0 saturated carbocycles. The van der Waals surface area contributed by atoms with Crippen molar-refractivity contribution in [3.63, 3.8) is 0 Å². The fraction of sp³-hybridized carbons (Fsp3) is 0.520. The van der Waals surface area contributed by atoms with Crippen LogP contribution in [-0.2, 0) is 46.3 Å². The summed E-state index contributed by atoms with van der Waals surface area (Å²) < 4.78 is 102. The standard InChI is InChI=1S/3C25H33N3O4S/c3*1-24(2,3)21-12-11-20-22(26-21)28-16-17(15-25(28,4)5)8-7-13-32-18-9-6-10-19(14-18)33(30,31)27-23(20)29/h3*6,9-12,14,17H,7-8,13,15-16H2,1-5H3,(H,27,29). The highest BCUT2D eigenvalue weighted by molar-refractivity contribution is 7.90. The lowest BCUT2D eigenvalue weighted by Gasteiger charge is -2.34. The fourth-order valence-electron chi connectivity index (χ4n) is 14.2. The lowest BCUT2D eigenvalue weighted by molar-refractivity contribution is 0.0972. The summed E-state index contributed by atoms with van der Waals surface area (Å²) in [5.41, 5.74) is 2.08. The molecule has 24 heteroatoms. The molecule has 3 aromatic carbocycles. The lowest BCUT2D eigenvalue weighted by Crippen LogP contribution is -2.41. The van der Waals surface area contributed by atoms with Gasteiger partial charge < -0.3 is 28.9 Å². The molecule has 534 valence electrons. The van der Waals surface area contributed by atoms with Crippen molar-refractivity contribution >= 4 is 65.2 Å². The van der Waals surface area contributed by atoms with Gasteiger partial charge >= 0.3 is 0 Å². The van der Waals surface area contributed by atoms with E-state index in [1.54, 1.807) is 54.6 Å². The molecule has 3 unspecified atom stereocenters. The van der Waals surface area contributed by atoms with Crippen LogP contribution in [-0.4, -0.2) is 114 Å². The van der Waals surface area contributed by atoms with Gasteiger partial charge in [0.05, 0.1) is 51.2 Å². The number of pyridine rings is 3. The normalized spacial score (nSPS) is 22.4. The van der Waals surface area contributed by atoms with Crippen molar-refractivity contribution in [3.05, 3.63) is 143 Å². The smallest absolute Gasteiger partial charge is 0.268 e. The number of nitrogens with one attached hydrogen (secondary N) is 3. The Labute approximate surface area is 586 Å². The summed E-state index contributed by atoms with van der Waals surface area (Å²) in [6, 6.07) is 29.3. The van der Waals surface area contributed by atoms with Crippen LogP contribution in [0, 0.1) is 17.8 Å². The van der Waals surface area contributed by atoms with Crippen LogP contribution in [0.1, 0.15) is 210 Å². The molecule has 0 radical (unpaired) electrons. The molecule has 3 aromatic heterocycles. The summed E-state index contributed by atoms with van der Waals surface area (Å²) in [4.78, 5) is 61.2. The Kier molecular flexibility index (Phi) is 20.9. The monoisotopic (exact) mass is 1410 g/mol. The third-order valence-corrected chi connectivity index (χ3v) is 23.4. The van der Waals surface area contributed by atoms with E-state index in [0.717, 1.165) is 94.5 Å². The number of amides is 3. The van der Waals surface area contributed by atoms with Gasteiger partial charge in [0.15, 0.2) is 0 Å². The van der Waals surface area contributed by atoms with Crippen LogP contribution >= 0.6 is 0 Å². The second kappa shape index (κ2) is 27.9. The maximum atomic E-state index is 13.3. The Morgan fingerprint density at radius 1 is 0.394 bits per heavy atom. The molecule has 9 heterocycles. The number of sulfonamides is 3. The Balaban J connectivity index is 0.000000161. The molecular formula is C75H99N9O12S3. The second-order valence-corrected chi connectivity index (χ2v) is 37.2. The third-order valence-electron chi connectivity index (χ3n) is 19.4. The van der Waals surface area contributed by atoms with Gasteiger partial charge in [0.1, 0.15) is 34.7 Å². The van der Waals surface area contributed by atoms with Gasteiger partial charge in [-0.05, 0) is 190 Å². The lowest BCUT2D eigenvalue weighted by atomic mass is 9.91. The van der Waals surface area contributed by atoms with E-state index in [4.69, 9.17) is 29.2 Å². The first-order chi connectivity index (χ1) is 46.1. The van der Waals surface area contributed by atoms with Crippen LogP contribution < -0.4 is 43.1 Å². The molecule has 3 saturated heterocycles. The molecule has 0 spiro atoms. The van der Waals surface area contributed by atoms with Crippen molar-refractivity contribution < 1.29 is 53.8 Å². The number of anilines is 3. The number of carbonyl (C=O) groups excluding carboxylic acids is 3. The minimum absolute atomic E-state index is 0.00815. The summed E-state index contributed by atoms with van der Waals surface area (Å²) in [7, 11) is -12.2. The average molecular weight is 1410 g/mol. The van der Waals surface area contributed by atoms with Crippen LogP contribution in [0.5, 0.6) is 17.2 Å². The SMILES string of the molecule is CC(C)(C)c1ccc2c(n1)N1CC(CCCOc3cccc(c3)S(=O)(=O)NC2=O)CC1(C)C.CC(C)(C)c1ccc2c(n1)N1CC(CCCOc3cccc(c3)S(=O)(=O)NC2=O)CC1(C)C.CC(C)(C)c1ccc2c(n1)N1CC(CCCOc3cccc(c3)S(=O)(=O)NC2=O)CC1(C)C. The number of benzene rings is 3. The summed E-state index contributed by atoms with van der Waals surface area (Å²) in [5, 5.41) is 0. The van der Waals surface area contributed by atoms with Crippen molar-refractivity contribution in [2.24, 2.45) is 17.8 Å². The number of nitrogens with zero attached hydrogens (tertiary/aromatic N) is 6. The molecule has 3 amide bonds. The summed E-state index contributed by atoms with van der Waals surface area (Å²) in [6.07, 6.45) is 8.44. The highest BCUT2D eigenvalue weighted by Gasteiger charge is 2.45. The summed E-state index contributed by atoms with van der Waals surface area (Å²) >= 11 is 0. The maximum absolute atomic E-state index is 13.3. The van der Waals surface area contributed by atoms with E-state index in [1.165, 1.54) is 36.4 Å². The van der Waals surface area contributed by atoms with Crippen molar-refractivity contribution in [3.8, 4) is 17.2 Å². The number of aromatic nitrogens is 3.